The van der Waals surface area contributed by atoms with Crippen LogP contribution in [0.25, 0.3) is 0 Å². The van der Waals surface area contributed by atoms with Crippen LogP contribution >= 0.6 is 12.4 Å². The third kappa shape index (κ3) is 5.42. The lowest BCUT2D eigenvalue weighted by atomic mass is 10.1. The summed E-state index contributed by atoms with van der Waals surface area (Å²) in [7, 11) is 0. The summed E-state index contributed by atoms with van der Waals surface area (Å²) in [5, 5.41) is 6.02. The summed E-state index contributed by atoms with van der Waals surface area (Å²) in [6.45, 7) is 4.05. The number of ether oxygens (including phenoxy) is 1. The third-order valence-electron chi connectivity index (χ3n) is 4.53. The van der Waals surface area contributed by atoms with E-state index in [1.807, 2.05) is 29.2 Å². The van der Waals surface area contributed by atoms with Crippen molar-refractivity contribution in [1.29, 1.82) is 0 Å². The van der Waals surface area contributed by atoms with Crippen molar-refractivity contribution in [3.05, 3.63) is 35.4 Å². The van der Waals surface area contributed by atoms with Crippen LogP contribution in [0.1, 0.15) is 35.2 Å². The Morgan fingerprint density at radius 1 is 1.16 bits per heavy atom. The van der Waals surface area contributed by atoms with E-state index >= 15 is 0 Å². The van der Waals surface area contributed by atoms with E-state index in [-0.39, 0.29) is 24.2 Å². The first kappa shape index (κ1) is 19.7. The van der Waals surface area contributed by atoms with Gasteiger partial charge < -0.3 is 20.3 Å². The zero-order valence-electron chi connectivity index (χ0n) is 14.3. The number of amides is 2. The molecule has 1 unspecified atom stereocenters. The van der Waals surface area contributed by atoms with Crippen LogP contribution in [0.2, 0.25) is 0 Å². The number of nitrogens with zero attached hydrogens (tertiary/aromatic N) is 1. The summed E-state index contributed by atoms with van der Waals surface area (Å²) in [5.74, 6) is 0.00244. The van der Waals surface area contributed by atoms with E-state index in [9.17, 15) is 9.59 Å². The van der Waals surface area contributed by atoms with Crippen molar-refractivity contribution < 1.29 is 14.3 Å². The normalized spacial score (nSPS) is 20.5. The number of carbonyl (C=O) groups excluding carboxylic acids is 2. The molecule has 0 radical (unpaired) electrons. The maximum absolute atomic E-state index is 12.4. The van der Waals surface area contributed by atoms with Crippen molar-refractivity contribution in [2.75, 3.05) is 32.8 Å². The Bertz CT molecular complexity index is 567. The molecule has 1 aromatic rings. The van der Waals surface area contributed by atoms with Gasteiger partial charge in [-0.2, -0.15) is 0 Å². The summed E-state index contributed by atoms with van der Waals surface area (Å²) in [5.41, 5.74) is 1.69. The van der Waals surface area contributed by atoms with Crippen molar-refractivity contribution in [3.8, 4) is 0 Å². The highest BCUT2D eigenvalue weighted by atomic mass is 35.5. The molecule has 0 spiro atoms. The summed E-state index contributed by atoms with van der Waals surface area (Å²) >= 11 is 0. The van der Waals surface area contributed by atoms with Gasteiger partial charge in [-0.05, 0) is 37.0 Å². The maximum Gasteiger partial charge on any atom is 0.253 e. The highest BCUT2D eigenvalue weighted by Gasteiger charge is 2.21. The van der Waals surface area contributed by atoms with Crippen molar-refractivity contribution >= 4 is 24.2 Å². The maximum atomic E-state index is 12.4. The van der Waals surface area contributed by atoms with Gasteiger partial charge in [-0.15, -0.1) is 12.4 Å². The van der Waals surface area contributed by atoms with Crippen LogP contribution in [0.4, 0.5) is 0 Å². The van der Waals surface area contributed by atoms with E-state index in [2.05, 4.69) is 10.6 Å². The van der Waals surface area contributed by atoms with E-state index in [0.29, 0.717) is 25.3 Å². The minimum absolute atomic E-state index is 0. The predicted molar refractivity (Wildman–Crippen MR) is 97.9 cm³/mol. The van der Waals surface area contributed by atoms with Crippen LogP contribution in [0, 0.1) is 0 Å². The van der Waals surface area contributed by atoms with E-state index in [1.54, 1.807) is 0 Å². The number of halogens is 1. The second-order valence-corrected chi connectivity index (χ2v) is 6.33. The first-order chi connectivity index (χ1) is 11.7. The molecular weight excluding hydrogens is 342 g/mol. The summed E-state index contributed by atoms with van der Waals surface area (Å²) in [6, 6.07) is 7.49. The molecule has 138 valence electrons. The van der Waals surface area contributed by atoms with E-state index in [1.165, 1.54) is 6.42 Å². The number of nitrogens with one attached hydrogen (secondary N) is 2. The fourth-order valence-corrected chi connectivity index (χ4v) is 3.08. The Balaban J connectivity index is 0.00000225. The van der Waals surface area contributed by atoms with Gasteiger partial charge in [-0.1, -0.05) is 12.1 Å². The molecule has 7 heteroatoms. The van der Waals surface area contributed by atoms with Gasteiger partial charge in [-0.25, -0.2) is 0 Å². The van der Waals surface area contributed by atoms with Crippen molar-refractivity contribution in [1.82, 2.24) is 15.5 Å². The Kier molecular flexibility index (Phi) is 7.68. The number of morpholine rings is 1. The topological polar surface area (TPSA) is 70.7 Å². The largest absolute Gasteiger partial charge is 0.366 e. The highest BCUT2D eigenvalue weighted by molar-refractivity contribution is 5.94. The number of hydrogen-bond acceptors (Lipinski definition) is 4. The molecule has 2 amide bonds. The predicted octanol–water partition coefficient (Wildman–Crippen LogP) is 1.34. The van der Waals surface area contributed by atoms with Gasteiger partial charge in [0.05, 0.1) is 6.61 Å². The fourth-order valence-electron chi connectivity index (χ4n) is 3.08. The minimum Gasteiger partial charge on any atom is -0.366 e. The molecule has 2 N–H and O–H groups in total. The molecule has 25 heavy (non-hydrogen) atoms. The molecule has 0 bridgehead atoms. The van der Waals surface area contributed by atoms with Crippen LogP contribution in [0.3, 0.4) is 0 Å². The van der Waals surface area contributed by atoms with Gasteiger partial charge in [-0.3, -0.25) is 9.59 Å². The molecule has 2 aliphatic rings. The Labute approximate surface area is 154 Å². The third-order valence-corrected chi connectivity index (χ3v) is 4.53. The molecule has 2 heterocycles. The van der Waals surface area contributed by atoms with E-state index in [4.69, 9.17) is 4.74 Å². The number of likely N-dealkylation sites (tertiary alicyclic amines) is 1. The molecule has 2 saturated heterocycles. The summed E-state index contributed by atoms with van der Waals surface area (Å²) in [4.78, 5) is 26.4. The van der Waals surface area contributed by atoms with Gasteiger partial charge in [0, 0.05) is 38.3 Å². The van der Waals surface area contributed by atoms with Crippen LogP contribution < -0.4 is 10.6 Å². The highest BCUT2D eigenvalue weighted by Crippen LogP contribution is 2.14. The smallest absolute Gasteiger partial charge is 0.253 e. The Morgan fingerprint density at radius 2 is 1.88 bits per heavy atom. The van der Waals surface area contributed by atoms with Gasteiger partial charge in [0.2, 0.25) is 0 Å². The zero-order valence-corrected chi connectivity index (χ0v) is 15.1. The molecule has 1 aromatic carbocycles. The Morgan fingerprint density at radius 3 is 2.52 bits per heavy atom. The quantitative estimate of drug-likeness (QED) is 0.842. The number of piperidine rings is 1. The standard InChI is InChI=1S/C18H25N3O3.ClH/c22-17(16-13-19-8-11-24-16)20-12-14-4-6-15(7-5-14)18(23)21-9-2-1-3-10-21;/h4-7,16,19H,1-3,8-13H2,(H,20,22);1H. The number of hydrogen-bond donors (Lipinski definition) is 2. The van der Waals surface area contributed by atoms with E-state index in [0.717, 1.165) is 38.0 Å². The van der Waals surface area contributed by atoms with Gasteiger partial charge in [0.15, 0.2) is 0 Å². The first-order valence-electron chi connectivity index (χ1n) is 8.72. The molecule has 1 atom stereocenters. The van der Waals surface area contributed by atoms with Crippen LogP contribution in [-0.2, 0) is 16.1 Å². The monoisotopic (exact) mass is 367 g/mol. The number of carbonyl (C=O) groups is 2. The van der Waals surface area contributed by atoms with Gasteiger partial charge >= 0.3 is 0 Å². The van der Waals surface area contributed by atoms with E-state index < -0.39 is 6.10 Å². The summed E-state index contributed by atoms with van der Waals surface area (Å²) < 4.78 is 5.42. The molecule has 3 rings (SSSR count). The molecule has 0 saturated carbocycles. The molecule has 0 aromatic heterocycles. The lowest BCUT2D eigenvalue weighted by molar-refractivity contribution is -0.134. The van der Waals surface area contributed by atoms with Gasteiger partial charge in [0.1, 0.15) is 6.10 Å². The average molecular weight is 368 g/mol. The van der Waals surface area contributed by atoms with Gasteiger partial charge in [0.25, 0.3) is 11.8 Å². The van der Waals surface area contributed by atoms with Crippen molar-refractivity contribution in [3.63, 3.8) is 0 Å². The first-order valence-corrected chi connectivity index (χ1v) is 8.72. The second-order valence-electron chi connectivity index (χ2n) is 6.33. The molecule has 6 nitrogen and oxygen atoms in total. The molecule has 2 aliphatic heterocycles. The SMILES string of the molecule is Cl.O=C(NCc1ccc(C(=O)N2CCCCC2)cc1)C1CNCCO1. The number of rotatable bonds is 4. The zero-order chi connectivity index (χ0) is 16.8. The second kappa shape index (κ2) is 9.75. The fraction of sp³-hybridized carbons (Fsp3) is 0.556. The van der Waals surface area contributed by atoms with Crippen LogP contribution in [-0.4, -0.2) is 55.6 Å². The average Bonchev–Trinajstić information content (AvgIpc) is 2.67. The van der Waals surface area contributed by atoms with Crippen molar-refractivity contribution in [2.45, 2.75) is 31.9 Å². The van der Waals surface area contributed by atoms with Crippen LogP contribution in [0.5, 0.6) is 0 Å². The molecular formula is C18H26ClN3O3. The lowest BCUT2D eigenvalue weighted by Gasteiger charge is -2.26. The lowest BCUT2D eigenvalue weighted by Crippen LogP contribution is -2.47. The Hall–Kier alpha value is -1.63. The van der Waals surface area contributed by atoms with Crippen LogP contribution in [0.15, 0.2) is 24.3 Å². The minimum atomic E-state index is -0.418. The van der Waals surface area contributed by atoms with Crippen molar-refractivity contribution in [2.24, 2.45) is 0 Å². The number of benzene rings is 1. The molecule has 2 fully saturated rings. The molecule has 0 aliphatic carbocycles. The summed E-state index contributed by atoms with van der Waals surface area (Å²) in [6.07, 6.45) is 2.98.